The van der Waals surface area contributed by atoms with Gasteiger partial charge in [0.15, 0.2) is 0 Å². The van der Waals surface area contributed by atoms with Crippen molar-refractivity contribution in [1.29, 1.82) is 0 Å². The molecule has 4 heteroatoms. The summed E-state index contributed by atoms with van der Waals surface area (Å²) in [7, 11) is 0. The first-order valence-corrected chi connectivity index (χ1v) is 7.17. The molecule has 0 aromatic rings. The summed E-state index contributed by atoms with van der Waals surface area (Å²) >= 11 is 0. The van der Waals surface area contributed by atoms with Gasteiger partial charge in [-0.2, -0.15) is 4.99 Å². The lowest BCUT2D eigenvalue weighted by Gasteiger charge is -2.00. The maximum absolute atomic E-state index is 9.82. The molecule has 0 saturated carbocycles. The van der Waals surface area contributed by atoms with Crippen LogP contribution in [0.5, 0.6) is 0 Å². The van der Waals surface area contributed by atoms with Crippen molar-refractivity contribution in [2.45, 2.75) is 64.2 Å². The van der Waals surface area contributed by atoms with E-state index in [0.717, 1.165) is 25.7 Å². The second-order valence-corrected chi connectivity index (χ2v) is 4.55. The number of nitrogens with zero attached hydrogens (tertiary/aromatic N) is 2. The smallest absolute Gasteiger partial charge is 0.211 e. The lowest BCUT2D eigenvalue weighted by atomic mass is 10.1. The molecule has 0 radical (unpaired) electrons. The molecule has 0 aromatic carbocycles. The van der Waals surface area contributed by atoms with Crippen LogP contribution < -0.4 is 0 Å². The zero-order valence-electron chi connectivity index (χ0n) is 11.6. The molecule has 0 saturated heterocycles. The Balaban J connectivity index is 3.06. The minimum atomic E-state index is 0.630. The normalized spacial score (nSPS) is 10.1. The molecule has 0 atom stereocenters. The summed E-state index contributed by atoms with van der Waals surface area (Å²) in [5.74, 6) is 0. The fourth-order valence-corrected chi connectivity index (χ4v) is 1.89. The van der Waals surface area contributed by atoms with E-state index in [4.69, 9.17) is 0 Å². The molecule has 0 amide bonds. The van der Waals surface area contributed by atoms with Gasteiger partial charge in [0, 0.05) is 6.20 Å². The Labute approximate surface area is 115 Å². The second-order valence-electron chi connectivity index (χ2n) is 4.55. The molecule has 0 spiro atoms. The van der Waals surface area contributed by atoms with Gasteiger partial charge in [0.2, 0.25) is 12.2 Å². The van der Waals surface area contributed by atoms with Gasteiger partial charge in [0.05, 0.1) is 6.54 Å². The van der Waals surface area contributed by atoms with Gasteiger partial charge in [-0.1, -0.05) is 51.0 Å². The Bertz CT molecular complexity index is 314. The zero-order valence-corrected chi connectivity index (χ0v) is 11.6. The van der Waals surface area contributed by atoms with Crippen LogP contribution in [-0.2, 0) is 9.59 Å². The minimum absolute atomic E-state index is 0.630. The quantitative estimate of drug-likeness (QED) is 0.286. The van der Waals surface area contributed by atoms with E-state index in [0.29, 0.717) is 6.54 Å². The summed E-state index contributed by atoms with van der Waals surface area (Å²) in [5.41, 5.74) is 0. The highest BCUT2D eigenvalue weighted by molar-refractivity contribution is 5.34. The molecule has 0 aliphatic rings. The first-order chi connectivity index (χ1) is 9.41. The van der Waals surface area contributed by atoms with Crippen molar-refractivity contribution in [3.8, 4) is 0 Å². The first kappa shape index (κ1) is 17.5. The maximum atomic E-state index is 9.82. The molecule has 0 aromatic heterocycles. The van der Waals surface area contributed by atoms with Crippen LogP contribution in [0.1, 0.15) is 64.2 Å². The number of hydrogen-bond donors (Lipinski definition) is 0. The van der Waals surface area contributed by atoms with E-state index in [9.17, 15) is 9.59 Å². The fourth-order valence-electron chi connectivity index (χ4n) is 1.89. The van der Waals surface area contributed by atoms with Crippen molar-refractivity contribution in [2.24, 2.45) is 9.98 Å². The van der Waals surface area contributed by atoms with Gasteiger partial charge in [-0.3, -0.25) is 0 Å². The van der Waals surface area contributed by atoms with Gasteiger partial charge in [0.1, 0.15) is 0 Å². The van der Waals surface area contributed by atoms with Gasteiger partial charge in [-0.25, -0.2) is 14.6 Å². The van der Waals surface area contributed by atoms with Gasteiger partial charge in [0.25, 0.3) is 0 Å². The lowest BCUT2D eigenvalue weighted by Crippen LogP contribution is -1.84. The Kier molecular flexibility index (Phi) is 15.2. The average Bonchev–Trinajstić information content (AvgIpc) is 2.43. The van der Waals surface area contributed by atoms with Crippen LogP contribution in [0.15, 0.2) is 22.3 Å². The molecule has 0 aliphatic heterocycles. The van der Waals surface area contributed by atoms with Crippen molar-refractivity contribution in [3.63, 3.8) is 0 Å². The molecule has 0 aliphatic carbocycles. The summed E-state index contributed by atoms with van der Waals surface area (Å²) in [6.45, 7) is 0.630. The summed E-state index contributed by atoms with van der Waals surface area (Å²) < 4.78 is 0. The fraction of sp³-hybridized carbons (Fsp3) is 0.733. The highest BCUT2D eigenvalue weighted by Crippen LogP contribution is 2.10. The number of unbranched alkanes of at least 4 members (excludes halogenated alkanes) is 9. The molecule has 4 nitrogen and oxygen atoms in total. The molecule has 0 fully saturated rings. The van der Waals surface area contributed by atoms with Gasteiger partial charge >= 0.3 is 0 Å². The Morgan fingerprint density at radius 1 is 0.737 bits per heavy atom. The van der Waals surface area contributed by atoms with E-state index in [-0.39, 0.29) is 0 Å². The van der Waals surface area contributed by atoms with E-state index in [1.54, 1.807) is 6.08 Å². The number of rotatable bonds is 13. The van der Waals surface area contributed by atoms with Crippen molar-refractivity contribution in [2.75, 3.05) is 6.54 Å². The monoisotopic (exact) mass is 264 g/mol. The van der Waals surface area contributed by atoms with Crippen LogP contribution in [0, 0.1) is 0 Å². The number of allylic oxidation sites excluding steroid dienone is 1. The van der Waals surface area contributed by atoms with Crippen molar-refractivity contribution in [3.05, 3.63) is 12.3 Å². The van der Waals surface area contributed by atoms with Crippen molar-refractivity contribution in [1.82, 2.24) is 0 Å². The van der Waals surface area contributed by atoms with E-state index in [1.807, 2.05) is 6.08 Å². The zero-order chi connectivity index (χ0) is 14.0. The van der Waals surface area contributed by atoms with Crippen LogP contribution in [0.4, 0.5) is 0 Å². The molecule has 106 valence electrons. The van der Waals surface area contributed by atoms with Gasteiger partial charge < -0.3 is 0 Å². The largest absolute Gasteiger partial charge is 0.239 e. The summed E-state index contributed by atoms with van der Waals surface area (Å²) in [6.07, 6.45) is 18.4. The molecular weight excluding hydrogens is 240 g/mol. The Hall–Kier alpha value is -1.50. The van der Waals surface area contributed by atoms with Gasteiger partial charge in [-0.15, -0.1) is 0 Å². The molecule has 0 unspecified atom stereocenters. The van der Waals surface area contributed by atoms with Crippen LogP contribution in [0.3, 0.4) is 0 Å². The third kappa shape index (κ3) is 16.5. The predicted octanol–water partition coefficient (Wildman–Crippen LogP) is 4.07. The van der Waals surface area contributed by atoms with E-state index in [1.165, 1.54) is 50.8 Å². The van der Waals surface area contributed by atoms with Crippen LogP contribution in [-0.4, -0.2) is 18.7 Å². The molecule has 0 bridgehead atoms. The summed E-state index contributed by atoms with van der Waals surface area (Å²) in [6, 6.07) is 0. The van der Waals surface area contributed by atoms with E-state index < -0.39 is 0 Å². The standard InChI is InChI=1S/C15H24N2O2/c18-14-16-12-10-8-6-4-2-1-3-5-7-9-11-13-17-15-19/h10,12H,1-9,11,13H2. The first-order valence-electron chi connectivity index (χ1n) is 7.17. The highest BCUT2D eigenvalue weighted by Gasteiger charge is 1.92. The molecule has 0 rings (SSSR count). The SMILES string of the molecule is O=C=NC=CCCCCCCCCCCCN=C=O. The molecule has 19 heavy (non-hydrogen) atoms. The lowest BCUT2D eigenvalue weighted by molar-refractivity contribution is 0.554. The van der Waals surface area contributed by atoms with E-state index >= 15 is 0 Å². The van der Waals surface area contributed by atoms with Crippen LogP contribution >= 0.6 is 0 Å². The third-order valence-corrected chi connectivity index (χ3v) is 2.94. The summed E-state index contributed by atoms with van der Waals surface area (Å²) in [4.78, 5) is 26.5. The van der Waals surface area contributed by atoms with Crippen LogP contribution in [0.25, 0.3) is 0 Å². The second kappa shape index (κ2) is 16.5. The number of aliphatic imine (C=N–C) groups is 2. The molecule has 0 N–H and O–H groups in total. The van der Waals surface area contributed by atoms with Gasteiger partial charge in [-0.05, 0) is 19.3 Å². The van der Waals surface area contributed by atoms with E-state index in [2.05, 4.69) is 9.98 Å². The topological polar surface area (TPSA) is 58.9 Å². The summed E-state index contributed by atoms with van der Waals surface area (Å²) in [5, 5.41) is 0. The number of isocyanates is 2. The average molecular weight is 264 g/mol. The molecule has 0 heterocycles. The third-order valence-electron chi connectivity index (χ3n) is 2.94. The van der Waals surface area contributed by atoms with Crippen molar-refractivity contribution < 1.29 is 9.59 Å². The highest BCUT2D eigenvalue weighted by atomic mass is 16.1. The number of carbonyl (C=O) groups excluding carboxylic acids is 2. The van der Waals surface area contributed by atoms with Crippen molar-refractivity contribution >= 4 is 12.2 Å². The number of hydrogen-bond acceptors (Lipinski definition) is 4. The Morgan fingerprint density at radius 3 is 1.89 bits per heavy atom. The maximum Gasteiger partial charge on any atom is 0.239 e. The minimum Gasteiger partial charge on any atom is -0.211 e. The molecular formula is C15H24N2O2. The van der Waals surface area contributed by atoms with Crippen LogP contribution in [0.2, 0.25) is 0 Å². The predicted molar refractivity (Wildman–Crippen MR) is 76.4 cm³/mol. The Morgan fingerprint density at radius 2 is 1.32 bits per heavy atom.